The Morgan fingerprint density at radius 3 is 2.39 bits per heavy atom. The molecule has 0 saturated carbocycles. The minimum Gasteiger partial charge on any atom is -0.471 e. The number of aromatic nitrogens is 2. The predicted octanol–water partition coefficient (Wildman–Crippen LogP) is 2.81. The fourth-order valence-corrected chi connectivity index (χ4v) is 4.96. The minimum absolute atomic E-state index is 0.171. The van der Waals surface area contributed by atoms with Crippen LogP contribution >= 0.6 is 0 Å². The van der Waals surface area contributed by atoms with Crippen molar-refractivity contribution in [3.05, 3.63) is 71.5 Å². The van der Waals surface area contributed by atoms with Gasteiger partial charge < -0.3 is 14.8 Å². The standard InChI is InChI=1S/C23H26N4O5S/c1-17-13-18(2)15-20(14-17)32-16-26-8-7-22(25-26)23(28)24-19-3-5-21(6-4-19)33(29,30)27-9-11-31-12-10-27/h3-8,13-15H,9-12,16H2,1-2H3,(H,24,28). The van der Waals surface area contributed by atoms with Gasteiger partial charge in [-0.15, -0.1) is 0 Å². The lowest BCUT2D eigenvalue weighted by Crippen LogP contribution is -2.40. The van der Waals surface area contributed by atoms with Gasteiger partial charge in [0.05, 0.1) is 18.1 Å². The first-order valence-corrected chi connectivity index (χ1v) is 12.0. The van der Waals surface area contributed by atoms with E-state index in [1.807, 2.05) is 26.0 Å². The Hall–Kier alpha value is -3.21. The zero-order chi connectivity index (χ0) is 23.4. The number of nitrogens with one attached hydrogen (secondary N) is 1. The predicted molar refractivity (Wildman–Crippen MR) is 123 cm³/mol. The number of nitrogens with zero attached hydrogens (tertiary/aromatic N) is 3. The SMILES string of the molecule is Cc1cc(C)cc(OCn2ccc(C(=O)Nc3ccc(S(=O)(=O)N4CCOCC4)cc3)n2)c1. The summed E-state index contributed by atoms with van der Waals surface area (Å²) >= 11 is 0. The van der Waals surface area contributed by atoms with Gasteiger partial charge in [-0.1, -0.05) is 6.07 Å². The monoisotopic (exact) mass is 470 g/mol. The van der Waals surface area contributed by atoms with Crippen LogP contribution in [0.5, 0.6) is 5.75 Å². The number of carbonyl (C=O) groups is 1. The zero-order valence-corrected chi connectivity index (χ0v) is 19.3. The van der Waals surface area contributed by atoms with Gasteiger partial charge in [-0.2, -0.15) is 9.40 Å². The lowest BCUT2D eigenvalue weighted by molar-refractivity contribution is 0.0730. The van der Waals surface area contributed by atoms with E-state index in [2.05, 4.69) is 16.5 Å². The lowest BCUT2D eigenvalue weighted by atomic mass is 10.1. The van der Waals surface area contributed by atoms with E-state index in [0.717, 1.165) is 16.9 Å². The fraction of sp³-hybridized carbons (Fsp3) is 0.304. The number of anilines is 1. The molecule has 3 aromatic rings. The van der Waals surface area contributed by atoms with Crippen molar-refractivity contribution < 1.29 is 22.7 Å². The summed E-state index contributed by atoms with van der Waals surface area (Å²) in [5.74, 6) is 0.338. The Bertz CT molecular complexity index is 1210. The number of benzene rings is 2. The Morgan fingerprint density at radius 1 is 1.06 bits per heavy atom. The van der Waals surface area contributed by atoms with Crippen LogP contribution in [0, 0.1) is 13.8 Å². The van der Waals surface area contributed by atoms with Crippen molar-refractivity contribution in [2.24, 2.45) is 0 Å². The van der Waals surface area contributed by atoms with Crippen LogP contribution < -0.4 is 10.1 Å². The van der Waals surface area contributed by atoms with Gasteiger partial charge in [-0.05, 0) is 67.4 Å². The summed E-state index contributed by atoms with van der Waals surface area (Å²) in [6.07, 6.45) is 1.66. The van der Waals surface area contributed by atoms with Crippen LogP contribution in [0.15, 0.2) is 59.6 Å². The van der Waals surface area contributed by atoms with Gasteiger partial charge in [0.2, 0.25) is 10.0 Å². The van der Waals surface area contributed by atoms with Crippen LogP contribution in [-0.4, -0.2) is 54.7 Å². The molecule has 0 aliphatic carbocycles. The third-order valence-electron chi connectivity index (χ3n) is 5.15. The van der Waals surface area contributed by atoms with E-state index in [1.165, 1.54) is 21.1 Å². The van der Waals surface area contributed by atoms with Gasteiger partial charge >= 0.3 is 0 Å². The Labute approximate surface area is 193 Å². The summed E-state index contributed by atoms with van der Waals surface area (Å²) in [6.45, 7) is 5.60. The molecule has 0 spiro atoms. The molecular formula is C23H26N4O5S. The maximum absolute atomic E-state index is 12.7. The molecule has 174 valence electrons. The normalized spacial score (nSPS) is 14.7. The van der Waals surface area contributed by atoms with Crippen LogP contribution in [0.3, 0.4) is 0 Å². The van der Waals surface area contributed by atoms with Gasteiger partial charge in [0.15, 0.2) is 12.4 Å². The third kappa shape index (κ3) is 5.59. The van der Waals surface area contributed by atoms with Gasteiger partial charge in [0.1, 0.15) is 5.75 Å². The van der Waals surface area contributed by atoms with E-state index in [4.69, 9.17) is 9.47 Å². The van der Waals surface area contributed by atoms with Gasteiger partial charge in [-0.25, -0.2) is 13.1 Å². The minimum atomic E-state index is -3.58. The second kappa shape index (κ2) is 9.74. The number of carbonyl (C=O) groups excluding carboxylic acids is 1. The van der Waals surface area contributed by atoms with E-state index < -0.39 is 15.9 Å². The molecule has 1 amide bonds. The average molecular weight is 471 g/mol. The molecule has 1 aromatic heterocycles. The van der Waals surface area contributed by atoms with Crippen molar-refractivity contribution in [1.29, 1.82) is 0 Å². The quantitative estimate of drug-likeness (QED) is 0.570. The van der Waals surface area contributed by atoms with Gasteiger partial charge in [-0.3, -0.25) is 4.79 Å². The summed E-state index contributed by atoms with van der Waals surface area (Å²) in [7, 11) is -3.58. The first-order chi connectivity index (χ1) is 15.8. The molecule has 2 heterocycles. The molecule has 1 aliphatic rings. The van der Waals surface area contributed by atoms with Crippen molar-refractivity contribution in [2.45, 2.75) is 25.5 Å². The number of rotatable bonds is 7. The van der Waals surface area contributed by atoms with Crippen molar-refractivity contribution in [1.82, 2.24) is 14.1 Å². The summed E-state index contributed by atoms with van der Waals surface area (Å²) in [6, 6.07) is 13.6. The Balaban J connectivity index is 1.36. The number of sulfonamides is 1. The summed E-state index contributed by atoms with van der Waals surface area (Å²) in [5, 5.41) is 6.98. The first kappa shape index (κ1) is 23.0. The third-order valence-corrected chi connectivity index (χ3v) is 7.06. The number of ether oxygens (including phenoxy) is 2. The highest BCUT2D eigenvalue weighted by Crippen LogP contribution is 2.20. The Kier molecular flexibility index (Phi) is 6.77. The number of hydrogen-bond acceptors (Lipinski definition) is 6. The average Bonchev–Trinajstić information content (AvgIpc) is 3.27. The molecule has 10 heteroatoms. The molecule has 0 radical (unpaired) electrons. The van der Waals surface area contributed by atoms with Crippen LogP contribution in [0.1, 0.15) is 21.6 Å². The fourth-order valence-electron chi connectivity index (χ4n) is 3.55. The van der Waals surface area contributed by atoms with E-state index in [9.17, 15) is 13.2 Å². The van der Waals surface area contributed by atoms with Gasteiger partial charge in [0.25, 0.3) is 5.91 Å². The van der Waals surface area contributed by atoms with Crippen molar-refractivity contribution in [3.8, 4) is 5.75 Å². The molecule has 0 unspecified atom stereocenters. The summed E-state index contributed by atoms with van der Waals surface area (Å²) < 4.78 is 39.3. The zero-order valence-electron chi connectivity index (χ0n) is 18.5. The van der Waals surface area contributed by atoms with Crippen LogP contribution in [0.25, 0.3) is 0 Å². The molecule has 9 nitrogen and oxygen atoms in total. The summed E-state index contributed by atoms with van der Waals surface area (Å²) in [4.78, 5) is 12.7. The van der Waals surface area contributed by atoms with E-state index in [-0.39, 0.29) is 17.3 Å². The highest BCUT2D eigenvalue weighted by atomic mass is 32.2. The number of aryl methyl sites for hydroxylation is 2. The molecule has 0 atom stereocenters. The maximum atomic E-state index is 12.7. The molecule has 2 aromatic carbocycles. The van der Waals surface area contributed by atoms with Crippen molar-refractivity contribution in [2.75, 3.05) is 31.6 Å². The van der Waals surface area contributed by atoms with Crippen molar-refractivity contribution >= 4 is 21.6 Å². The number of morpholine rings is 1. The van der Waals surface area contributed by atoms with E-state index >= 15 is 0 Å². The molecule has 1 saturated heterocycles. The molecule has 33 heavy (non-hydrogen) atoms. The lowest BCUT2D eigenvalue weighted by Gasteiger charge is -2.26. The van der Waals surface area contributed by atoms with Crippen LogP contribution in [0.2, 0.25) is 0 Å². The van der Waals surface area contributed by atoms with Gasteiger partial charge in [0, 0.05) is 25.0 Å². The second-order valence-electron chi connectivity index (χ2n) is 7.83. The van der Waals surface area contributed by atoms with Crippen LogP contribution in [-0.2, 0) is 21.5 Å². The van der Waals surface area contributed by atoms with Crippen LogP contribution in [0.4, 0.5) is 5.69 Å². The molecule has 1 fully saturated rings. The highest BCUT2D eigenvalue weighted by Gasteiger charge is 2.26. The first-order valence-electron chi connectivity index (χ1n) is 10.6. The molecule has 4 rings (SSSR count). The molecule has 0 bridgehead atoms. The molecule has 1 N–H and O–H groups in total. The summed E-state index contributed by atoms with van der Waals surface area (Å²) in [5.41, 5.74) is 2.91. The van der Waals surface area contributed by atoms with E-state index in [1.54, 1.807) is 24.4 Å². The van der Waals surface area contributed by atoms with E-state index in [0.29, 0.717) is 32.0 Å². The second-order valence-corrected chi connectivity index (χ2v) is 9.77. The molecular weight excluding hydrogens is 444 g/mol. The number of hydrogen-bond donors (Lipinski definition) is 1. The van der Waals surface area contributed by atoms with Crippen molar-refractivity contribution in [3.63, 3.8) is 0 Å². The topological polar surface area (TPSA) is 103 Å². The Morgan fingerprint density at radius 2 is 1.73 bits per heavy atom. The highest BCUT2D eigenvalue weighted by molar-refractivity contribution is 7.89. The largest absolute Gasteiger partial charge is 0.471 e. The smallest absolute Gasteiger partial charge is 0.276 e. The number of amides is 1. The maximum Gasteiger partial charge on any atom is 0.276 e. The molecule has 1 aliphatic heterocycles.